The van der Waals surface area contributed by atoms with Crippen LogP contribution < -0.4 is 0 Å². The number of nitrogens with zero attached hydrogens (tertiary/aromatic N) is 1. The van der Waals surface area contributed by atoms with Crippen LogP contribution in [0, 0.1) is 0 Å². The molecule has 0 bridgehead atoms. The zero-order valence-corrected chi connectivity index (χ0v) is 11.3. The molecule has 0 heterocycles. The summed E-state index contributed by atoms with van der Waals surface area (Å²) in [6, 6.07) is 0. The molecule has 0 saturated heterocycles. The summed E-state index contributed by atoms with van der Waals surface area (Å²) in [5, 5.41) is 9.58. The van der Waals surface area contributed by atoms with Gasteiger partial charge in [0.1, 0.15) is 5.60 Å². The van der Waals surface area contributed by atoms with Crippen LogP contribution in [0.15, 0.2) is 0 Å². The average molecular weight is 231 g/mol. The van der Waals surface area contributed by atoms with E-state index in [1.54, 1.807) is 13.8 Å². The van der Waals surface area contributed by atoms with Gasteiger partial charge in [-0.05, 0) is 41.7 Å². The van der Waals surface area contributed by atoms with Crippen LogP contribution in [-0.4, -0.2) is 47.3 Å². The topological polar surface area (TPSA) is 49.8 Å². The summed E-state index contributed by atoms with van der Waals surface area (Å²) in [4.78, 5) is 13.3. The average Bonchev–Trinajstić information content (AvgIpc) is 1.94. The number of hydrogen-bond donors (Lipinski definition) is 1. The first kappa shape index (κ1) is 15.4. The van der Waals surface area contributed by atoms with E-state index in [-0.39, 0.29) is 5.97 Å². The summed E-state index contributed by atoms with van der Waals surface area (Å²) in [6.45, 7) is 10.2. The van der Waals surface area contributed by atoms with Gasteiger partial charge in [0, 0.05) is 13.1 Å². The first-order valence-corrected chi connectivity index (χ1v) is 5.62. The minimum absolute atomic E-state index is 0.199. The smallest absolute Gasteiger partial charge is 0.307 e. The Morgan fingerprint density at radius 1 is 1.25 bits per heavy atom. The van der Waals surface area contributed by atoms with E-state index in [2.05, 4.69) is 0 Å². The van der Waals surface area contributed by atoms with Crippen LogP contribution in [0.5, 0.6) is 0 Å². The van der Waals surface area contributed by atoms with Gasteiger partial charge < -0.3 is 14.7 Å². The predicted octanol–water partition coefficient (Wildman–Crippen LogP) is 1.42. The molecule has 96 valence electrons. The molecule has 0 unspecified atom stereocenters. The Hall–Kier alpha value is -0.610. The molecule has 0 aliphatic heterocycles. The number of aliphatic hydroxyl groups is 1. The highest BCUT2D eigenvalue weighted by molar-refractivity contribution is 5.70. The summed E-state index contributed by atoms with van der Waals surface area (Å²) in [5.74, 6) is -0.199. The Bertz CT molecular complexity index is 225. The molecule has 1 N–H and O–H groups in total. The molecule has 0 radical (unpaired) electrons. The molecule has 0 spiro atoms. The van der Waals surface area contributed by atoms with Crippen LogP contribution in [0.4, 0.5) is 0 Å². The molecule has 0 amide bonds. The highest BCUT2D eigenvalue weighted by Gasteiger charge is 2.19. The molecule has 0 rings (SSSR count). The summed E-state index contributed by atoms with van der Waals surface area (Å²) in [5.41, 5.74) is -1.16. The maximum Gasteiger partial charge on any atom is 0.307 e. The molecule has 4 heteroatoms. The van der Waals surface area contributed by atoms with E-state index in [1.165, 1.54) is 0 Å². The normalized spacial score (nSPS) is 13.0. The fraction of sp³-hybridized carbons (Fsp3) is 0.917. The summed E-state index contributed by atoms with van der Waals surface area (Å²) in [7, 11) is 1.88. The Kier molecular flexibility index (Phi) is 5.42. The molecule has 0 atom stereocenters. The maximum absolute atomic E-state index is 11.4. The van der Waals surface area contributed by atoms with Crippen molar-refractivity contribution in [3.05, 3.63) is 0 Å². The number of ether oxygens (including phenoxy) is 1. The molecule has 16 heavy (non-hydrogen) atoms. The van der Waals surface area contributed by atoms with Crippen molar-refractivity contribution in [1.82, 2.24) is 4.90 Å². The van der Waals surface area contributed by atoms with E-state index in [0.717, 1.165) is 0 Å². The zero-order chi connectivity index (χ0) is 13.0. The van der Waals surface area contributed by atoms with Crippen molar-refractivity contribution in [1.29, 1.82) is 0 Å². The van der Waals surface area contributed by atoms with Gasteiger partial charge in [-0.1, -0.05) is 0 Å². The number of hydrogen-bond acceptors (Lipinski definition) is 4. The third kappa shape index (κ3) is 9.93. The first-order valence-electron chi connectivity index (χ1n) is 5.62. The summed E-state index contributed by atoms with van der Waals surface area (Å²) < 4.78 is 5.19. The molecule has 0 aliphatic carbocycles. The van der Waals surface area contributed by atoms with Crippen LogP contribution in [-0.2, 0) is 9.53 Å². The molecule has 0 aromatic rings. The van der Waals surface area contributed by atoms with E-state index in [4.69, 9.17) is 4.74 Å². The van der Waals surface area contributed by atoms with Gasteiger partial charge in [0.25, 0.3) is 0 Å². The third-order valence-electron chi connectivity index (χ3n) is 1.77. The van der Waals surface area contributed by atoms with Crippen LogP contribution >= 0.6 is 0 Å². The minimum atomic E-state index is -0.733. The molecule has 0 aliphatic rings. The number of likely N-dealkylation sites (N-methyl/N-ethyl adjacent to an activating group) is 1. The Morgan fingerprint density at radius 2 is 1.75 bits per heavy atom. The predicted molar refractivity (Wildman–Crippen MR) is 64.3 cm³/mol. The number of carbonyl (C=O) groups excluding carboxylic acids is 1. The fourth-order valence-electron chi connectivity index (χ4n) is 1.41. The van der Waals surface area contributed by atoms with Gasteiger partial charge >= 0.3 is 5.97 Å². The van der Waals surface area contributed by atoms with Gasteiger partial charge in [0.2, 0.25) is 0 Å². The molecule has 0 fully saturated rings. The van der Waals surface area contributed by atoms with E-state index in [1.807, 2.05) is 32.7 Å². The lowest BCUT2D eigenvalue weighted by Crippen LogP contribution is -2.37. The quantitative estimate of drug-likeness (QED) is 0.727. The minimum Gasteiger partial charge on any atom is -0.460 e. The van der Waals surface area contributed by atoms with Gasteiger partial charge in [-0.2, -0.15) is 0 Å². The van der Waals surface area contributed by atoms with Crippen molar-refractivity contribution in [2.24, 2.45) is 0 Å². The van der Waals surface area contributed by atoms with E-state index in [0.29, 0.717) is 19.5 Å². The van der Waals surface area contributed by atoms with Gasteiger partial charge in [-0.3, -0.25) is 4.79 Å². The third-order valence-corrected chi connectivity index (χ3v) is 1.77. The zero-order valence-electron chi connectivity index (χ0n) is 11.3. The van der Waals surface area contributed by atoms with Gasteiger partial charge in [0.15, 0.2) is 0 Å². The van der Waals surface area contributed by atoms with E-state index < -0.39 is 11.2 Å². The molecule has 0 aromatic carbocycles. The Balaban J connectivity index is 3.85. The number of carbonyl (C=O) groups is 1. The van der Waals surface area contributed by atoms with E-state index >= 15 is 0 Å². The Labute approximate surface area is 98.6 Å². The maximum atomic E-state index is 11.4. The second kappa shape index (κ2) is 5.64. The van der Waals surface area contributed by atoms with Crippen LogP contribution in [0.25, 0.3) is 0 Å². The van der Waals surface area contributed by atoms with Crippen molar-refractivity contribution >= 4 is 5.97 Å². The van der Waals surface area contributed by atoms with Gasteiger partial charge in [-0.25, -0.2) is 0 Å². The van der Waals surface area contributed by atoms with Crippen molar-refractivity contribution in [3.8, 4) is 0 Å². The SMILES string of the molecule is CN(CCC(=O)OC(C)(C)C)CC(C)(C)O. The lowest BCUT2D eigenvalue weighted by Gasteiger charge is -2.26. The molecular formula is C12H25NO3. The lowest BCUT2D eigenvalue weighted by atomic mass is 10.1. The van der Waals surface area contributed by atoms with E-state index in [9.17, 15) is 9.90 Å². The van der Waals surface area contributed by atoms with Crippen molar-refractivity contribution in [2.75, 3.05) is 20.1 Å². The van der Waals surface area contributed by atoms with Crippen molar-refractivity contribution in [2.45, 2.75) is 52.2 Å². The van der Waals surface area contributed by atoms with Crippen LogP contribution in [0.2, 0.25) is 0 Å². The molecular weight excluding hydrogens is 206 g/mol. The monoisotopic (exact) mass is 231 g/mol. The molecule has 0 saturated carbocycles. The highest BCUT2D eigenvalue weighted by Crippen LogP contribution is 2.09. The van der Waals surface area contributed by atoms with Gasteiger partial charge in [-0.15, -0.1) is 0 Å². The van der Waals surface area contributed by atoms with Crippen LogP contribution in [0.1, 0.15) is 41.0 Å². The first-order chi connectivity index (χ1) is 6.99. The van der Waals surface area contributed by atoms with Crippen molar-refractivity contribution in [3.63, 3.8) is 0 Å². The fourth-order valence-corrected chi connectivity index (χ4v) is 1.41. The largest absolute Gasteiger partial charge is 0.460 e. The molecule has 0 aromatic heterocycles. The van der Waals surface area contributed by atoms with Crippen LogP contribution in [0.3, 0.4) is 0 Å². The number of rotatable bonds is 5. The summed E-state index contributed by atoms with van der Waals surface area (Å²) in [6.07, 6.45) is 0.351. The second-order valence-corrected chi connectivity index (χ2v) is 5.89. The van der Waals surface area contributed by atoms with Crippen molar-refractivity contribution < 1.29 is 14.6 Å². The number of esters is 1. The Morgan fingerprint density at radius 3 is 2.12 bits per heavy atom. The van der Waals surface area contributed by atoms with Gasteiger partial charge in [0.05, 0.1) is 12.0 Å². The summed E-state index contributed by atoms with van der Waals surface area (Å²) >= 11 is 0. The standard InChI is InChI=1S/C12H25NO3/c1-11(2,3)16-10(14)7-8-13(6)9-12(4,5)15/h15H,7-9H2,1-6H3. The highest BCUT2D eigenvalue weighted by atomic mass is 16.6. The molecule has 4 nitrogen and oxygen atoms in total. The second-order valence-electron chi connectivity index (χ2n) is 5.89. The lowest BCUT2D eigenvalue weighted by molar-refractivity contribution is -0.155.